The van der Waals surface area contributed by atoms with E-state index in [9.17, 15) is 19.5 Å². The molecule has 2 N–H and O–H groups in total. The van der Waals surface area contributed by atoms with E-state index in [4.69, 9.17) is 11.6 Å². The van der Waals surface area contributed by atoms with Crippen molar-refractivity contribution in [2.24, 2.45) is 5.92 Å². The molecule has 0 aliphatic carbocycles. The highest BCUT2D eigenvalue weighted by Crippen LogP contribution is 2.34. The summed E-state index contributed by atoms with van der Waals surface area (Å²) in [6.45, 7) is 1.88. The highest BCUT2D eigenvalue weighted by Gasteiger charge is 2.40. The molecule has 0 bridgehead atoms. The lowest BCUT2D eigenvalue weighted by atomic mass is 9.89. The van der Waals surface area contributed by atoms with E-state index in [1.165, 1.54) is 6.92 Å². The van der Waals surface area contributed by atoms with Gasteiger partial charge in [0.15, 0.2) is 0 Å². The van der Waals surface area contributed by atoms with Crippen molar-refractivity contribution >= 4 is 35.1 Å². The zero-order chi connectivity index (χ0) is 19.6. The van der Waals surface area contributed by atoms with E-state index in [1.807, 2.05) is 0 Å². The molecule has 140 valence electrons. The molecule has 1 aliphatic rings. The maximum absolute atomic E-state index is 12.8. The van der Waals surface area contributed by atoms with Gasteiger partial charge in [0, 0.05) is 42.2 Å². The molecule has 2 atom stereocenters. The van der Waals surface area contributed by atoms with Crippen molar-refractivity contribution in [3.8, 4) is 0 Å². The normalized spacial score (nSPS) is 19.0. The van der Waals surface area contributed by atoms with Crippen LogP contribution in [0, 0.1) is 5.92 Å². The third-order valence-electron chi connectivity index (χ3n) is 4.67. The fourth-order valence-corrected chi connectivity index (χ4v) is 3.48. The summed E-state index contributed by atoms with van der Waals surface area (Å²) in [4.78, 5) is 37.1. The van der Waals surface area contributed by atoms with E-state index in [0.717, 1.165) is 5.56 Å². The van der Waals surface area contributed by atoms with Gasteiger partial charge in [-0.05, 0) is 42.0 Å². The van der Waals surface area contributed by atoms with Crippen molar-refractivity contribution in [1.29, 1.82) is 0 Å². The van der Waals surface area contributed by atoms with Gasteiger partial charge in [-0.2, -0.15) is 0 Å². The van der Waals surface area contributed by atoms with Crippen molar-refractivity contribution in [1.82, 2.24) is 4.90 Å². The van der Waals surface area contributed by atoms with Gasteiger partial charge in [-0.3, -0.25) is 14.4 Å². The van der Waals surface area contributed by atoms with Gasteiger partial charge in [0.1, 0.15) is 0 Å². The van der Waals surface area contributed by atoms with E-state index >= 15 is 0 Å². The number of rotatable bonds is 4. The zero-order valence-corrected chi connectivity index (χ0v) is 15.4. The van der Waals surface area contributed by atoms with Crippen molar-refractivity contribution in [3.05, 3.63) is 64.7 Å². The monoisotopic (exact) mass is 386 g/mol. The number of halogens is 1. The number of carbonyl (C=O) groups excluding carboxylic acids is 2. The summed E-state index contributed by atoms with van der Waals surface area (Å²) in [6, 6.07) is 13.6. The number of hydrogen-bond acceptors (Lipinski definition) is 3. The number of likely N-dealkylation sites (tertiary alicyclic amines) is 1. The number of carboxylic acids is 1. The largest absolute Gasteiger partial charge is 0.481 e. The van der Waals surface area contributed by atoms with Crippen molar-refractivity contribution in [2.75, 3.05) is 18.4 Å². The Balaban J connectivity index is 1.78. The van der Waals surface area contributed by atoms with Gasteiger partial charge < -0.3 is 15.3 Å². The maximum Gasteiger partial charge on any atom is 0.308 e. The SMILES string of the molecule is CC(=O)Nc1ccc(C(=O)N2C[C@@H](C(=O)O)[C@H](c3ccc(Cl)cc3)C2)cc1. The Kier molecular flexibility index (Phi) is 5.46. The van der Waals surface area contributed by atoms with Crippen LogP contribution in [0.3, 0.4) is 0 Å². The Labute approximate surface area is 161 Å². The number of carboxylic acid groups (broad SMARTS) is 1. The van der Waals surface area contributed by atoms with Crippen LogP contribution in [0.1, 0.15) is 28.8 Å². The number of carbonyl (C=O) groups is 3. The summed E-state index contributed by atoms with van der Waals surface area (Å²) in [6.07, 6.45) is 0. The first-order valence-corrected chi connectivity index (χ1v) is 8.88. The standard InChI is InChI=1S/C20H19ClN2O4/c1-12(24)22-16-8-4-14(5-9-16)19(25)23-10-17(18(11-23)20(26)27)13-2-6-15(21)7-3-13/h2-9,17-18H,10-11H2,1H3,(H,22,24)(H,26,27)/t17-,18+/m0/s1. The smallest absolute Gasteiger partial charge is 0.308 e. The van der Waals surface area contributed by atoms with Crippen LogP contribution >= 0.6 is 11.6 Å². The summed E-state index contributed by atoms with van der Waals surface area (Å²) >= 11 is 5.91. The van der Waals surface area contributed by atoms with Crippen molar-refractivity contribution in [2.45, 2.75) is 12.8 Å². The summed E-state index contributed by atoms with van der Waals surface area (Å²) < 4.78 is 0. The summed E-state index contributed by atoms with van der Waals surface area (Å²) in [5.41, 5.74) is 1.90. The number of nitrogens with one attached hydrogen (secondary N) is 1. The maximum atomic E-state index is 12.8. The number of benzene rings is 2. The van der Waals surface area contributed by atoms with Crippen LogP contribution in [0.5, 0.6) is 0 Å². The van der Waals surface area contributed by atoms with E-state index < -0.39 is 11.9 Å². The lowest BCUT2D eigenvalue weighted by molar-refractivity contribution is -0.141. The van der Waals surface area contributed by atoms with Gasteiger partial charge in [-0.1, -0.05) is 23.7 Å². The highest BCUT2D eigenvalue weighted by molar-refractivity contribution is 6.30. The summed E-state index contributed by atoms with van der Waals surface area (Å²) in [7, 11) is 0. The number of nitrogens with zero attached hydrogens (tertiary/aromatic N) is 1. The summed E-state index contributed by atoms with van der Waals surface area (Å²) in [5, 5.41) is 12.8. The molecule has 3 rings (SSSR count). The number of anilines is 1. The number of aliphatic carboxylic acids is 1. The second-order valence-corrected chi connectivity index (χ2v) is 7.01. The molecular formula is C20H19ClN2O4. The molecule has 6 nitrogen and oxygen atoms in total. The van der Waals surface area contributed by atoms with Gasteiger partial charge in [-0.25, -0.2) is 0 Å². The molecule has 1 saturated heterocycles. The van der Waals surface area contributed by atoms with Crippen LogP contribution in [-0.2, 0) is 9.59 Å². The van der Waals surface area contributed by atoms with Crippen LogP contribution in [0.25, 0.3) is 0 Å². The molecule has 0 unspecified atom stereocenters. The minimum absolute atomic E-state index is 0.148. The Morgan fingerprint density at radius 1 is 1.04 bits per heavy atom. The average molecular weight is 387 g/mol. The molecule has 1 fully saturated rings. The highest BCUT2D eigenvalue weighted by atomic mass is 35.5. The molecule has 1 heterocycles. The Hall–Kier alpha value is -2.86. The predicted octanol–water partition coefficient (Wildman–Crippen LogP) is 3.24. The number of amides is 2. The Bertz CT molecular complexity index is 865. The minimum Gasteiger partial charge on any atom is -0.481 e. The third-order valence-corrected chi connectivity index (χ3v) is 4.93. The minimum atomic E-state index is -0.925. The molecule has 1 aliphatic heterocycles. The molecule has 2 aromatic rings. The zero-order valence-electron chi connectivity index (χ0n) is 14.7. The first-order chi connectivity index (χ1) is 12.8. The van der Waals surface area contributed by atoms with Gasteiger partial charge in [0.05, 0.1) is 5.92 Å². The molecule has 0 aromatic heterocycles. The Morgan fingerprint density at radius 2 is 1.67 bits per heavy atom. The van der Waals surface area contributed by atoms with Gasteiger partial charge in [-0.15, -0.1) is 0 Å². The molecule has 27 heavy (non-hydrogen) atoms. The van der Waals surface area contributed by atoms with E-state index in [1.54, 1.807) is 53.4 Å². The van der Waals surface area contributed by atoms with Crippen molar-refractivity contribution in [3.63, 3.8) is 0 Å². The topological polar surface area (TPSA) is 86.7 Å². The third kappa shape index (κ3) is 4.28. The van der Waals surface area contributed by atoms with E-state index in [2.05, 4.69) is 5.32 Å². The predicted molar refractivity (Wildman–Crippen MR) is 102 cm³/mol. The summed E-state index contributed by atoms with van der Waals surface area (Å²) in [5.74, 6) is -2.31. The molecule has 0 saturated carbocycles. The van der Waals surface area contributed by atoms with Crippen LogP contribution in [0.15, 0.2) is 48.5 Å². The van der Waals surface area contributed by atoms with E-state index in [0.29, 0.717) is 22.8 Å². The fourth-order valence-electron chi connectivity index (χ4n) is 3.35. The lowest BCUT2D eigenvalue weighted by Gasteiger charge is -2.17. The lowest BCUT2D eigenvalue weighted by Crippen LogP contribution is -2.29. The molecule has 0 spiro atoms. The average Bonchev–Trinajstić information content (AvgIpc) is 3.07. The van der Waals surface area contributed by atoms with Gasteiger partial charge in [0.25, 0.3) is 5.91 Å². The van der Waals surface area contributed by atoms with E-state index in [-0.39, 0.29) is 24.3 Å². The van der Waals surface area contributed by atoms with Crippen LogP contribution in [0.4, 0.5) is 5.69 Å². The fraction of sp³-hybridized carbons (Fsp3) is 0.250. The second kappa shape index (κ2) is 7.80. The van der Waals surface area contributed by atoms with Gasteiger partial charge >= 0.3 is 5.97 Å². The van der Waals surface area contributed by atoms with Gasteiger partial charge in [0.2, 0.25) is 5.91 Å². The van der Waals surface area contributed by atoms with Crippen molar-refractivity contribution < 1.29 is 19.5 Å². The molecule has 0 radical (unpaired) electrons. The molecule has 7 heteroatoms. The second-order valence-electron chi connectivity index (χ2n) is 6.57. The molecule has 2 amide bonds. The quantitative estimate of drug-likeness (QED) is 0.844. The van der Waals surface area contributed by atoms with Crippen LogP contribution in [-0.4, -0.2) is 40.9 Å². The first-order valence-electron chi connectivity index (χ1n) is 8.50. The molecular weight excluding hydrogens is 368 g/mol. The first kappa shape index (κ1) is 18.9. The molecule has 2 aromatic carbocycles. The number of hydrogen-bond donors (Lipinski definition) is 2. The van der Waals surface area contributed by atoms with Crippen LogP contribution in [0.2, 0.25) is 5.02 Å². The van der Waals surface area contributed by atoms with Crippen LogP contribution < -0.4 is 5.32 Å². The Morgan fingerprint density at radius 3 is 2.22 bits per heavy atom.